The summed E-state index contributed by atoms with van der Waals surface area (Å²) in [5, 5.41) is 2.97. The second-order valence-corrected chi connectivity index (χ2v) is 3.09. The summed E-state index contributed by atoms with van der Waals surface area (Å²) < 4.78 is 18.6. The molecule has 1 aromatic carbocycles. The van der Waals surface area contributed by atoms with E-state index in [9.17, 15) is 4.39 Å². The number of halogens is 1. The number of benzene rings is 1. The monoisotopic (exact) mass is 179 g/mol. The van der Waals surface area contributed by atoms with Crippen molar-refractivity contribution in [2.24, 2.45) is 0 Å². The van der Waals surface area contributed by atoms with Crippen LogP contribution in [0.3, 0.4) is 0 Å². The van der Waals surface area contributed by atoms with Gasteiger partial charge in [-0.25, -0.2) is 4.39 Å². The molecular weight excluding hydrogens is 169 g/mol. The zero-order valence-electron chi connectivity index (χ0n) is 7.36. The Morgan fingerprint density at radius 3 is 3.08 bits per heavy atom. The zero-order chi connectivity index (χ0) is 9.42. The van der Waals surface area contributed by atoms with E-state index in [0.29, 0.717) is 23.6 Å². The Bertz CT molecular complexity index is 373. The number of fused-ring (bicyclic) bond motifs is 1. The van der Waals surface area contributed by atoms with Gasteiger partial charge < -0.3 is 10.1 Å². The molecule has 0 aromatic heterocycles. The van der Waals surface area contributed by atoms with Crippen LogP contribution in [-0.2, 0) is 0 Å². The van der Waals surface area contributed by atoms with Crippen molar-refractivity contribution in [3.8, 4) is 5.75 Å². The van der Waals surface area contributed by atoms with E-state index in [1.165, 1.54) is 0 Å². The SMILES string of the molecule is C=C1COc2c(ccc(C)c2F)N1. The summed E-state index contributed by atoms with van der Waals surface area (Å²) >= 11 is 0. The van der Waals surface area contributed by atoms with Crippen molar-refractivity contribution in [2.75, 3.05) is 11.9 Å². The highest BCUT2D eigenvalue weighted by atomic mass is 19.1. The molecule has 0 saturated heterocycles. The van der Waals surface area contributed by atoms with Gasteiger partial charge in [0, 0.05) is 5.70 Å². The van der Waals surface area contributed by atoms with Crippen LogP contribution in [0, 0.1) is 12.7 Å². The molecule has 0 fully saturated rings. The Morgan fingerprint density at radius 1 is 1.54 bits per heavy atom. The van der Waals surface area contributed by atoms with Gasteiger partial charge in [-0.05, 0) is 18.6 Å². The molecule has 0 saturated carbocycles. The lowest BCUT2D eigenvalue weighted by Crippen LogP contribution is -2.16. The van der Waals surface area contributed by atoms with Crippen molar-refractivity contribution in [3.63, 3.8) is 0 Å². The van der Waals surface area contributed by atoms with Crippen molar-refractivity contribution in [1.82, 2.24) is 0 Å². The van der Waals surface area contributed by atoms with Gasteiger partial charge in [-0.15, -0.1) is 0 Å². The van der Waals surface area contributed by atoms with Gasteiger partial charge in [-0.2, -0.15) is 0 Å². The third-order valence-corrected chi connectivity index (χ3v) is 1.99. The number of anilines is 1. The molecular formula is C10H10FNO. The molecule has 1 aliphatic heterocycles. The number of aryl methyl sites for hydroxylation is 1. The van der Waals surface area contributed by atoms with Gasteiger partial charge in [0.2, 0.25) is 0 Å². The van der Waals surface area contributed by atoms with Crippen molar-refractivity contribution in [2.45, 2.75) is 6.92 Å². The summed E-state index contributed by atoms with van der Waals surface area (Å²) in [6, 6.07) is 3.50. The average Bonchev–Trinajstić information content (AvgIpc) is 2.12. The molecule has 3 heteroatoms. The van der Waals surface area contributed by atoms with Gasteiger partial charge in [0.15, 0.2) is 11.6 Å². The second-order valence-electron chi connectivity index (χ2n) is 3.09. The fraction of sp³-hybridized carbons (Fsp3) is 0.200. The van der Waals surface area contributed by atoms with E-state index < -0.39 is 0 Å². The Morgan fingerprint density at radius 2 is 2.31 bits per heavy atom. The Balaban J connectivity index is 2.53. The van der Waals surface area contributed by atoms with Crippen LogP contribution in [-0.4, -0.2) is 6.61 Å². The van der Waals surface area contributed by atoms with Crippen LogP contribution in [0.4, 0.5) is 10.1 Å². The molecule has 68 valence electrons. The third-order valence-electron chi connectivity index (χ3n) is 1.99. The van der Waals surface area contributed by atoms with E-state index >= 15 is 0 Å². The first kappa shape index (κ1) is 8.10. The molecule has 2 rings (SSSR count). The van der Waals surface area contributed by atoms with Crippen LogP contribution in [0.5, 0.6) is 5.75 Å². The quantitative estimate of drug-likeness (QED) is 0.660. The van der Waals surface area contributed by atoms with E-state index in [4.69, 9.17) is 4.74 Å². The Labute approximate surface area is 76.0 Å². The van der Waals surface area contributed by atoms with Crippen LogP contribution >= 0.6 is 0 Å². The summed E-state index contributed by atoms with van der Waals surface area (Å²) in [6.45, 7) is 5.74. The highest BCUT2D eigenvalue weighted by molar-refractivity contribution is 5.63. The number of ether oxygens (including phenoxy) is 1. The fourth-order valence-electron chi connectivity index (χ4n) is 1.28. The molecule has 0 spiro atoms. The first-order valence-electron chi connectivity index (χ1n) is 4.05. The molecule has 0 unspecified atom stereocenters. The van der Waals surface area contributed by atoms with Gasteiger partial charge in [0.1, 0.15) is 6.61 Å². The largest absolute Gasteiger partial charge is 0.482 e. The third kappa shape index (κ3) is 1.26. The summed E-state index contributed by atoms with van der Waals surface area (Å²) in [5.74, 6) is 0.00454. The van der Waals surface area contributed by atoms with Crippen LogP contribution in [0.25, 0.3) is 0 Å². The van der Waals surface area contributed by atoms with E-state index in [-0.39, 0.29) is 5.82 Å². The van der Waals surface area contributed by atoms with Crippen LogP contribution in [0.1, 0.15) is 5.56 Å². The highest BCUT2D eigenvalue weighted by Gasteiger charge is 2.17. The van der Waals surface area contributed by atoms with Gasteiger partial charge in [-0.3, -0.25) is 0 Å². The minimum atomic E-state index is -0.294. The molecule has 0 radical (unpaired) electrons. The maximum Gasteiger partial charge on any atom is 0.179 e. The lowest BCUT2D eigenvalue weighted by molar-refractivity contribution is 0.326. The second kappa shape index (κ2) is 2.76. The lowest BCUT2D eigenvalue weighted by atomic mass is 10.1. The van der Waals surface area contributed by atoms with Gasteiger partial charge in [0.25, 0.3) is 0 Å². The van der Waals surface area contributed by atoms with E-state index in [0.717, 1.165) is 5.70 Å². The molecule has 2 nitrogen and oxygen atoms in total. The molecule has 1 heterocycles. The lowest BCUT2D eigenvalue weighted by Gasteiger charge is -2.21. The molecule has 0 atom stereocenters. The maximum absolute atomic E-state index is 13.4. The normalized spacial score (nSPS) is 14.5. The highest BCUT2D eigenvalue weighted by Crippen LogP contribution is 2.33. The minimum Gasteiger partial charge on any atom is -0.482 e. The van der Waals surface area contributed by atoms with Crippen LogP contribution in [0.2, 0.25) is 0 Å². The molecule has 13 heavy (non-hydrogen) atoms. The van der Waals surface area contributed by atoms with Crippen molar-refractivity contribution in [1.29, 1.82) is 0 Å². The standard InChI is InChI=1S/C10H10FNO/c1-6-3-4-8-10(9(6)11)13-5-7(2)12-8/h3-4,12H,2,5H2,1H3. The molecule has 1 aliphatic rings. The molecule has 0 aliphatic carbocycles. The Hall–Kier alpha value is -1.51. The number of hydrogen-bond donors (Lipinski definition) is 1. The predicted octanol–water partition coefficient (Wildman–Crippen LogP) is 2.45. The smallest absolute Gasteiger partial charge is 0.179 e. The van der Waals surface area contributed by atoms with Gasteiger partial charge in [-0.1, -0.05) is 12.6 Å². The average molecular weight is 179 g/mol. The Kier molecular flexibility index (Phi) is 1.72. The van der Waals surface area contributed by atoms with Crippen molar-refractivity contribution in [3.05, 3.63) is 35.8 Å². The summed E-state index contributed by atoms with van der Waals surface area (Å²) in [4.78, 5) is 0. The summed E-state index contributed by atoms with van der Waals surface area (Å²) in [5.41, 5.74) is 1.99. The first-order chi connectivity index (χ1) is 6.18. The predicted molar refractivity (Wildman–Crippen MR) is 49.4 cm³/mol. The summed E-state index contributed by atoms with van der Waals surface area (Å²) in [6.07, 6.45) is 0. The number of nitrogens with one attached hydrogen (secondary N) is 1. The molecule has 1 aromatic rings. The number of hydrogen-bond acceptors (Lipinski definition) is 2. The summed E-state index contributed by atoms with van der Waals surface area (Å²) in [7, 11) is 0. The number of rotatable bonds is 0. The van der Waals surface area contributed by atoms with Gasteiger partial charge in [0.05, 0.1) is 5.69 Å². The van der Waals surface area contributed by atoms with Gasteiger partial charge >= 0.3 is 0 Å². The maximum atomic E-state index is 13.4. The van der Waals surface area contributed by atoms with E-state index in [1.807, 2.05) is 0 Å². The van der Waals surface area contributed by atoms with E-state index in [2.05, 4.69) is 11.9 Å². The topological polar surface area (TPSA) is 21.3 Å². The zero-order valence-corrected chi connectivity index (χ0v) is 7.36. The van der Waals surface area contributed by atoms with E-state index in [1.54, 1.807) is 19.1 Å². The van der Waals surface area contributed by atoms with Crippen LogP contribution in [0.15, 0.2) is 24.4 Å². The molecule has 0 amide bonds. The molecule has 1 N–H and O–H groups in total. The minimum absolute atomic E-state index is 0.294. The first-order valence-corrected chi connectivity index (χ1v) is 4.05. The van der Waals surface area contributed by atoms with Crippen molar-refractivity contribution < 1.29 is 9.13 Å². The molecule has 0 bridgehead atoms. The van der Waals surface area contributed by atoms with Crippen molar-refractivity contribution >= 4 is 5.69 Å². The van der Waals surface area contributed by atoms with Crippen LogP contribution < -0.4 is 10.1 Å². The fourth-order valence-corrected chi connectivity index (χ4v) is 1.28.